The molecule has 1 fully saturated rings. The molecule has 2 aromatic carbocycles. The number of benzene rings is 2. The van der Waals surface area contributed by atoms with Crippen LogP contribution in [0.1, 0.15) is 29.3 Å². The number of amides is 3. The van der Waals surface area contributed by atoms with Crippen molar-refractivity contribution in [3.8, 4) is 0 Å². The van der Waals surface area contributed by atoms with E-state index in [0.29, 0.717) is 25.9 Å². The minimum Gasteiger partial charge on any atom is -0.356 e. The van der Waals surface area contributed by atoms with Crippen molar-refractivity contribution in [2.75, 3.05) is 13.1 Å². The molecule has 3 aromatic rings. The topological polar surface area (TPSA) is 82.4 Å². The van der Waals surface area contributed by atoms with Crippen LogP contribution in [0.5, 0.6) is 0 Å². The van der Waals surface area contributed by atoms with E-state index in [4.69, 9.17) is 5.73 Å². The van der Waals surface area contributed by atoms with Gasteiger partial charge in [-0.1, -0.05) is 30.3 Å². The number of para-hydroxylation sites is 1. The van der Waals surface area contributed by atoms with Gasteiger partial charge >= 0.3 is 6.03 Å². The van der Waals surface area contributed by atoms with Crippen LogP contribution in [0.25, 0.3) is 10.9 Å². The van der Waals surface area contributed by atoms with Gasteiger partial charge < -0.3 is 10.7 Å². The number of nitrogens with two attached hydrogens (primary N) is 1. The molecule has 0 aliphatic carbocycles. The van der Waals surface area contributed by atoms with Crippen molar-refractivity contribution in [1.82, 2.24) is 14.8 Å². The molecular weight excluding hydrogens is 371 g/mol. The van der Waals surface area contributed by atoms with E-state index in [-0.39, 0.29) is 17.8 Å². The summed E-state index contributed by atoms with van der Waals surface area (Å²) in [6.45, 7) is 0.721. The Balaban J connectivity index is 1.68. The number of imide groups is 1. The van der Waals surface area contributed by atoms with Crippen LogP contribution in [-0.4, -0.2) is 45.9 Å². The van der Waals surface area contributed by atoms with Crippen LogP contribution >= 0.6 is 0 Å². The highest BCUT2D eigenvalue weighted by Crippen LogP contribution is 2.43. The molecule has 0 unspecified atom stereocenters. The Bertz CT molecular complexity index is 1110. The lowest BCUT2D eigenvalue weighted by Crippen LogP contribution is -2.44. The lowest BCUT2D eigenvalue weighted by atomic mass is 9.89. The second-order valence-electron chi connectivity index (χ2n) is 7.56. The number of hydrogen-bond acceptors (Lipinski definition) is 3. The first-order valence-corrected chi connectivity index (χ1v) is 9.79. The summed E-state index contributed by atoms with van der Waals surface area (Å²) in [5.41, 5.74) is 9.25. The number of carbonyl (C=O) groups excluding carboxylic acids is 2. The van der Waals surface area contributed by atoms with E-state index in [1.807, 2.05) is 24.3 Å². The molecule has 3 amide bonds. The number of nitrogens with zero attached hydrogens (tertiary/aromatic N) is 2. The van der Waals surface area contributed by atoms with Gasteiger partial charge in [-0.25, -0.2) is 9.18 Å². The van der Waals surface area contributed by atoms with Gasteiger partial charge in [0.15, 0.2) is 0 Å². The van der Waals surface area contributed by atoms with Crippen molar-refractivity contribution in [3.63, 3.8) is 0 Å². The fraction of sp³-hybridized carbons (Fsp3) is 0.273. The molecule has 7 heteroatoms. The van der Waals surface area contributed by atoms with Crippen LogP contribution in [0.3, 0.4) is 0 Å². The summed E-state index contributed by atoms with van der Waals surface area (Å²) < 4.78 is 13.6. The molecular formula is C22H21FN4O2. The van der Waals surface area contributed by atoms with Gasteiger partial charge in [0.25, 0.3) is 5.91 Å². The minimum atomic E-state index is -0.568. The molecule has 6 nitrogen and oxygen atoms in total. The van der Waals surface area contributed by atoms with E-state index < -0.39 is 12.1 Å². The number of aromatic nitrogens is 1. The highest BCUT2D eigenvalue weighted by atomic mass is 19.1. The molecule has 2 atom stereocenters. The first kappa shape index (κ1) is 17.9. The lowest BCUT2D eigenvalue weighted by molar-refractivity contribution is -0.128. The highest BCUT2D eigenvalue weighted by molar-refractivity contribution is 6.05. The van der Waals surface area contributed by atoms with Crippen molar-refractivity contribution in [2.24, 2.45) is 5.73 Å². The van der Waals surface area contributed by atoms with Crippen LogP contribution in [0.15, 0.2) is 48.5 Å². The SMILES string of the molecule is NCCCN1C(=O)[C@@H]2Cc3c([nH]c4ccccc34)[C@@H](c3ccc(F)cc3)N2C1=O. The predicted octanol–water partition coefficient (Wildman–Crippen LogP) is 2.93. The Labute approximate surface area is 167 Å². The number of H-pyrrole nitrogens is 1. The third kappa shape index (κ3) is 2.65. The summed E-state index contributed by atoms with van der Waals surface area (Å²) in [4.78, 5) is 32.7. The van der Waals surface area contributed by atoms with E-state index in [0.717, 1.165) is 27.7 Å². The first-order valence-electron chi connectivity index (χ1n) is 9.79. The maximum absolute atomic E-state index is 13.6. The molecule has 3 N–H and O–H groups in total. The van der Waals surface area contributed by atoms with Crippen LogP contribution in [0.2, 0.25) is 0 Å². The lowest BCUT2D eigenvalue weighted by Gasteiger charge is -2.36. The Hall–Kier alpha value is -3.19. The van der Waals surface area contributed by atoms with Crippen LogP contribution in [-0.2, 0) is 11.2 Å². The number of aromatic amines is 1. The molecule has 5 rings (SSSR count). The van der Waals surface area contributed by atoms with Crippen molar-refractivity contribution >= 4 is 22.8 Å². The van der Waals surface area contributed by atoms with E-state index in [1.165, 1.54) is 17.0 Å². The Morgan fingerprint density at radius 1 is 1.10 bits per heavy atom. The minimum absolute atomic E-state index is 0.188. The molecule has 1 saturated heterocycles. The van der Waals surface area contributed by atoms with Crippen LogP contribution in [0, 0.1) is 5.82 Å². The van der Waals surface area contributed by atoms with E-state index in [9.17, 15) is 14.0 Å². The standard InChI is InChI=1S/C22H21FN4O2/c23-14-8-6-13(7-9-14)20-19-16(15-4-1-2-5-17(15)25-19)12-18-21(28)26(11-3-10-24)22(29)27(18)20/h1-2,4-9,18,20,25H,3,10-12,24H2/t18-,20+/m0/s1. The summed E-state index contributed by atoms with van der Waals surface area (Å²) >= 11 is 0. The average molecular weight is 392 g/mol. The van der Waals surface area contributed by atoms with Gasteiger partial charge in [0.05, 0.1) is 0 Å². The van der Waals surface area contributed by atoms with Gasteiger partial charge in [0.1, 0.15) is 17.9 Å². The molecule has 0 bridgehead atoms. The second kappa shape index (κ2) is 6.70. The molecule has 0 saturated carbocycles. The van der Waals surface area contributed by atoms with Crippen molar-refractivity contribution < 1.29 is 14.0 Å². The summed E-state index contributed by atoms with van der Waals surface area (Å²) in [6.07, 6.45) is 1.02. The van der Waals surface area contributed by atoms with Crippen molar-refractivity contribution in [1.29, 1.82) is 0 Å². The van der Waals surface area contributed by atoms with Gasteiger partial charge in [-0.15, -0.1) is 0 Å². The van der Waals surface area contributed by atoms with Gasteiger partial charge in [-0.05, 0) is 42.3 Å². The number of halogens is 1. The van der Waals surface area contributed by atoms with E-state index in [2.05, 4.69) is 4.98 Å². The summed E-state index contributed by atoms with van der Waals surface area (Å²) in [6, 6.07) is 12.7. The summed E-state index contributed by atoms with van der Waals surface area (Å²) in [5.74, 6) is -0.530. The Morgan fingerprint density at radius 2 is 1.86 bits per heavy atom. The van der Waals surface area contributed by atoms with E-state index in [1.54, 1.807) is 17.0 Å². The van der Waals surface area contributed by atoms with Gasteiger partial charge in [-0.3, -0.25) is 14.6 Å². The number of hydrogen-bond donors (Lipinski definition) is 2. The number of urea groups is 1. The maximum atomic E-state index is 13.6. The molecule has 0 spiro atoms. The highest BCUT2D eigenvalue weighted by Gasteiger charge is 2.52. The predicted molar refractivity (Wildman–Crippen MR) is 107 cm³/mol. The van der Waals surface area contributed by atoms with Crippen LogP contribution in [0.4, 0.5) is 9.18 Å². The fourth-order valence-electron chi connectivity index (χ4n) is 4.58. The Kier molecular flexibility index (Phi) is 4.13. The molecule has 0 radical (unpaired) electrons. The third-order valence-electron chi connectivity index (χ3n) is 5.91. The van der Waals surface area contributed by atoms with Crippen LogP contribution < -0.4 is 5.73 Å². The van der Waals surface area contributed by atoms with Gasteiger partial charge in [0, 0.05) is 29.6 Å². The average Bonchev–Trinajstić information content (AvgIpc) is 3.21. The fourth-order valence-corrected chi connectivity index (χ4v) is 4.58. The molecule has 1 aromatic heterocycles. The summed E-state index contributed by atoms with van der Waals surface area (Å²) in [5, 5.41) is 1.05. The molecule has 148 valence electrons. The number of fused-ring (bicyclic) bond motifs is 4. The zero-order valence-electron chi connectivity index (χ0n) is 15.8. The molecule has 2 aliphatic rings. The molecule has 2 aliphatic heterocycles. The molecule has 29 heavy (non-hydrogen) atoms. The zero-order chi connectivity index (χ0) is 20.1. The third-order valence-corrected chi connectivity index (χ3v) is 5.91. The molecule has 3 heterocycles. The number of rotatable bonds is 4. The van der Waals surface area contributed by atoms with E-state index >= 15 is 0 Å². The maximum Gasteiger partial charge on any atom is 0.328 e. The second-order valence-corrected chi connectivity index (χ2v) is 7.56. The number of nitrogens with one attached hydrogen (secondary N) is 1. The van der Waals surface area contributed by atoms with Gasteiger partial charge in [0.2, 0.25) is 0 Å². The normalized spacial score (nSPS) is 21.0. The summed E-state index contributed by atoms with van der Waals surface area (Å²) in [7, 11) is 0. The monoisotopic (exact) mass is 392 g/mol. The quantitative estimate of drug-likeness (QED) is 0.670. The van der Waals surface area contributed by atoms with Gasteiger partial charge in [-0.2, -0.15) is 0 Å². The largest absolute Gasteiger partial charge is 0.356 e. The smallest absolute Gasteiger partial charge is 0.328 e. The van der Waals surface area contributed by atoms with Crippen molar-refractivity contribution in [3.05, 3.63) is 71.2 Å². The first-order chi connectivity index (χ1) is 14.1. The Morgan fingerprint density at radius 3 is 2.62 bits per heavy atom. The van der Waals surface area contributed by atoms with Crippen molar-refractivity contribution in [2.45, 2.75) is 24.9 Å². The number of carbonyl (C=O) groups is 2. The zero-order valence-corrected chi connectivity index (χ0v) is 15.8.